The van der Waals surface area contributed by atoms with Crippen molar-refractivity contribution in [3.05, 3.63) is 28.8 Å². The Labute approximate surface area is 100 Å². The van der Waals surface area contributed by atoms with Gasteiger partial charge in [-0.05, 0) is 31.0 Å². The summed E-state index contributed by atoms with van der Waals surface area (Å²) in [7, 11) is 0. The van der Waals surface area contributed by atoms with Crippen molar-refractivity contribution < 1.29 is 4.79 Å². The summed E-state index contributed by atoms with van der Waals surface area (Å²) in [6.45, 7) is 2.58. The highest BCUT2D eigenvalue weighted by Crippen LogP contribution is 2.31. The van der Waals surface area contributed by atoms with Crippen molar-refractivity contribution in [2.45, 2.75) is 25.8 Å². The maximum absolute atomic E-state index is 11.9. The summed E-state index contributed by atoms with van der Waals surface area (Å²) in [5, 5.41) is 0.666. The average Bonchev–Trinajstić information content (AvgIpc) is 2.59. The van der Waals surface area contributed by atoms with Crippen LogP contribution in [0.1, 0.15) is 18.9 Å². The minimum absolute atomic E-state index is 0.0796. The van der Waals surface area contributed by atoms with Crippen molar-refractivity contribution in [1.82, 2.24) is 0 Å². The van der Waals surface area contributed by atoms with E-state index in [-0.39, 0.29) is 11.9 Å². The van der Waals surface area contributed by atoms with E-state index in [4.69, 9.17) is 17.3 Å². The molecule has 16 heavy (non-hydrogen) atoms. The third kappa shape index (κ3) is 2.20. The molecule has 1 atom stereocenters. The zero-order valence-corrected chi connectivity index (χ0v) is 10.00. The Morgan fingerprint density at radius 1 is 1.62 bits per heavy atom. The number of amides is 1. The highest BCUT2D eigenvalue weighted by Gasteiger charge is 2.24. The molecule has 0 bridgehead atoms. The maximum Gasteiger partial charge on any atom is 0.228 e. The molecule has 3 nitrogen and oxygen atoms in total. The van der Waals surface area contributed by atoms with Crippen molar-refractivity contribution in [3.63, 3.8) is 0 Å². The first kappa shape index (κ1) is 11.4. The lowest BCUT2D eigenvalue weighted by Gasteiger charge is -2.18. The zero-order chi connectivity index (χ0) is 11.7. The Kier molecular flexibility index (Phi) is 3.17. The lowest BCUT2D eigenvalue weighted by atomic mass is 10.2. The topological polar surface area (TPSA) is 46.3 Å². The van der Waals surface area contributed by atoms with E-state index >= 15 is 0 Å². The maximum atomic E-state index is 11.9. The van der Waals surface area contributed by atoms with Crippen LogP contribution in [-0.4, -0.2) is 18.5 Å². The number of carbonyl (C=O) groups is 1. The van der Waals surface area contributed by atoms with Gasteiger partial charge in [0.25, 0.3) is 0 Å². The van der Waals surface area contributed by atoms with Gasteiger partial charge in [0.2, 0.25) is 5.91 Å². The molecule has 0 aliphatic carbocycles. The quantitative estimate of drug-likeness (QED) is 0.856. The number of rotatable bonds is 2. The van der Waals surface area contributed by atoms with Gasteiger partial charge in [-0.2, -0.15) is 0 Å². The van der Waals surface area contributed by atoms with Crippen LogP contribution in [0.2, 0.25) is 5.02 Å². The fraction of sp³-hybridized carbons (Fsp3) is 0.417. The molecule has 2 rings (SSSR count). The van der Waals surface area contributed by atoms with Crippen LogP contribution in [0.15, 0.2) is 18.2 Å². The summed E-state index contributed by atoms with van der Waals surface area (Å²) in [4.78, 5) is 13.7. The average molecular weight is 239 g/mol. The Balaban J connectivity index is 2.22. The van der Waals surface area contributed by atoms with E-state index in [0.717, 1.165) is 18.7 Å². The molecule has 0 saturated heterocycles. The molecule has 0 fully saturated rings. The highest BCUT2D eigenvalue weighted by atomic mass is 35.5. The van der Waals surface area contributed by atoms with Crippen LogP contribution in [0.3, 0.4) is 0 Å². The monoisotopic (exact) mass is 238 g/mol. The third-order valence-corrected chi connectivity index (χ3v) is 2.98. The summed E-state index contributed by atoms with van der Waals surface area (Å²) in [6, 6.07) is 5.59. The summed E-state index contributed by atoms with van der Waals surface area (Å²) < 4.78 is 0. The number of nitrogens with zero attached hydrogens (tertiary/aromatic N) is 1. The molecule has 4 heteroatoms. The van der Waals surface area contributed by atoms with E-state index in [1.807, 2.05) is 25.1 Å². The minimum Gasteiger partial charge on any atom is -0.327 e. The smallest absolute Gasteiger partial charge is 0.228 e. The Morgan fingerprint density at radius 2 is 2.38 bits per heavy atom. The van der Waals surface area contributed by atoms with E-state index < -0.39 is 0 Å². The predicted octanol–water partition coefficient (Wildman–Crippen LogP) is 1.97. The van der Waals surface area contributed by atoms with Crippen LogP contribution >= 0.6 is 11.6 Å². The van der Waals surface area contributed by atoms with Crippen LogP contribution in [0.5, 0.6) is 0 Å². The fourth-order valence-corrected chi connectivity index (χ4v) is 2.16. The molecule has 0 aromatic heterocycles. The number of carbonyl (C=O) groups excluding carboxylic acids is 1. The van der Waals surface area contributed by atoms with Gasteiger partial charge in [0.05, 0.1) is 0 Å². The highest BCUT2D eigenvalue weighted by molar-refractivity contribution is 6.31. The minimum atomic E-state index is -0.101. The van der Waals surface area contributed by atoms with E-state index in [1.165, 1.54) is 5.56 Å². The van der Waals surface area contributed by atoms with Crippen molar-refractivity contribution in [2.24, 2.45) is 5.73 Å². The summed E-state index contributed by atoms with van der Waals surface area (Å²) in [5.74, 6) is 0.0796. The van der Waals surface area contributed by atoms with Gasteiger partial charge in [-0.25, -0.2) is 0 Å². The lowest BCUT2D eigenvalue weighted by molar-refractivity contribution is -0.118. The molecule has 1 aromatic rings. The second-order valence-electron chi connectivity index (χ2n) is 4.25. The molecule has 1 amide bonds. The van der Waals surface area contributed by atoms with Crippen LogP contribution in [0.4, 0.5) is 5.69 Å². The van der Waals surface area contributed by atoms with Crippen molar-refractivity contribution >= 4 is 23.2 Å². The summed E-state index contributed by atoms with van der Waals surface area (Å²) in [5.41, 5.74) is 7.76. The Morgan fingerprint density at radius 3 is 3.06 bits per heavy atom. The molecular weight excluding hydrogens is 224 g/mol. The Hall–Kier alpha value is -1.06. The summed E-state index contributed by atoms with van der Waals surface area (Å²) in [6.07, 6.45) is 1.28. The third-order valence-electron chi connectivity index (χ3n) is 2.74. The number of nitrogens with two attached hydrogens (primary N) is 1. The molecule has 86 valence electrons. The first-order valence-corrected chi connectivity index (χ1v) is 5.80. The van der Waals surface area contributed by atoms with Gasteiger partial charge in [0.1, 0.15) is 0 Å². The first-order valence-electron chi connectivity index (χ1n) is 5.42. The van der Waals surface area contributed by atoms with Crippen molar-refractivity contribution in [3.8, 4) is 0 Å². The zero-order valence-electron chi connectivity index (χ0n) is 9.24. The van der Waals surface area contributed by atoms with E-state index in [0.29, 0.717) is 11.4 Å². The molecule has 1 heterocycles. The lowest BCUT2D eigenvalue weighted by Crippen LogP contribution is -2.33. The SMILES string of the molecule is CC(N)CC(=O)N1CCc2ccc(Cl)cc21. The second-order valence-corrected chi connectivity index (χ2v) is 4.69. The largest absolute Gasteiger partial charge is 0.327 e. The van der Waals surface area contributed by atoms with Crippen LogP contribution in [0, 0.1) is 0 Å². The summed E-state index contributed by atoms with van der Waals surface area (Å²) >= 11 is 5.94. The van der Waals surface area contributed by atoms with Crippen molar-refractivity contribution in [1.29, 1.82) is 0 Å². The number of benzene rings is 1. The van der Waals surface area contributed by atoms with Gasteiger partial charge < -0.3 is 10.6 Å². The van der Waals surface area contributed by atoms with Gasteiger partial charge in [-0.15, -0.1) is 0 Å². The van der Waals surface area contributed by atoms with E-state index in [1.54, 1.807) is 4.90 Å². The van der Waals surface area contributed by atoms with Crippen molar-refractivity contribution in [2.75, 3.05) is 11.4 Å². The standard InChI is InChI=1S/C12H15ClN2O/c1-8(14)6-12(16)15-5-4-9-2-3-10(13)7-11(9)15/h2-3,7-8H,4-6,14H2,1H3. The number of halogens is 1. The van der Waals surface area contributed by atoms with Gasteiger partial charge >= 0.3 is 0 Å². The van der Waals surface area contributed by atoms with Gasteiger partial charge in [0, 0.05) is 29.7 Å². The number of hydrogen-bond donors (Lipinski definition) is 1. The first-order chi connectivity index (χ1) is 7.58. The van der Waals surface area contributed by atoms with Crippen LogP contribution in [0.25, 0.3) is 0 Å². The molecule has 1 aromatic carbocycles. The van der Waals surface area contributed by atoms with Crippen LogP contribution in [-0.2, 0) is 11.2 Å². The second kappa shape index (κ2) is 4.44. The van der Waals surface area contributed by atoms with E-state index in [2.05, 4.69) is 0 Å². The van der Waals surface area contributed by atoms with Crippen LogP contribution < -0.4 is 10.6 Å². The fourth-order valence-electron chi connectivity index (χ4n) is 2.00. The van der Waals surface area contributed by atoms with Gasteiger partial charge in [-0.1, -0.05) is 17.7 Å². The predicted molar refractivity (Wildman–Crippen MR) is 65.8 cm³/mol. The molecule has 1 unspecified atom stereocenters. The van der Waals surface area contributed by atoms with Gasteiger partial charge in [-0.3, -0.25) is 4.79 Å². The normalized spacial score (nSPS) is 16.1. The molecule has 0 radical (unpaired) electrons. The molecule has 0 saturated carbocycles. The molecule has 1 aliphatic heterocycles. The Bertz CT molecular complexity index is 417. The number of anilines is 1. The number of fused-ring (bicyclic) bond motifs is 1. The molecule has 0 spiro atoms. The van der Waals surface area contributed by atoms with E-state index in [9.17, 15) is 4.79 Å². The molecular formula is C12H15ClN2O. The molecule has 2 N–H and O–H groups in total. The molecule has 1 aliphatic rings. The van der Waals surface area contributed by atoms with Gasteiger partial charge in [0.15, 0.2) is 0 Å². The number of hydrogen-bond acceptors (Lipinski definition) is 2.